The van der Waals surface area contributed by atoms with Crippen LogP contribution in [-0.4, -0.2) is 12.6 Å². The molecule has 1 heteroatoms. The lowest BCUT2D eigenvalue weighted by atomic mass is 9.96. The van der Waals surface area contributed by atoms with Crippen molar-refractivity contribution in [3.8, 4) is 0 Å². The van der Waals surface area contributed by atoms with Crippen molar-refractivity contribution in [1.82, 2.24) is 5.32 Å². The van der Waals surface area contributed by atoms with Gasteiger partial charge in [-0.2, -0.15) is 0 Å². The van der Waals surface area contributed by atoms with E-state index in [9.17, 15) is 0 Å². The maximum absolute atomic E-state index is 3.58. The van der Waals surface area contributed by atoms with Gasteiger partial charge in [-0.3, -0.25) is 0 Å². The Kier molecular flexibility index (Phi) is 5.93. The van der Waals surface area contributed by atoms with Crippen LogP contribution in [0.2, 0.25) is 0 Å². The highest BCUT2D eigenvalue weighted by Gasteiger charge is 2.08. The van der Waals surface area contributed by atoms with Crippen molar-refractivity contribution >= 4 is 0 Å². The third-order valence-electron chi connectivity index (χ3n) is 3.08. The second-order valence-corrected chi connectivity index (χ2v) is 4.41. The van der Waals surface area contributed by atoms with Crippen LogP contribution in [0.1, 0.15) is 58.8 Å². The minimum Gasteiger partial charge on any atom is -0.311 e. The number of rotatable bonds is 4. The Labute approximate surface area is 89.0 Å². The van der Waals surface area contributed by atoms with Gasteiger partial charge in [-0.05, 0) is 45.6 Å². The molecule has 0 aromatic carbocycles. The monoisotopic (exact) mass is 195 g/mol. The zero-order valence-electron chi connectivity index (χ0n) is 9.81. The van der Waals surface area contributed by atoms with Gasteiger partial charge in [-0.1, -0.05) is 31.4 Å². The van der Waals surface area contributed by atoms with Gasteiger partial charge in [0, 0.05) is 6.04 Å². The fraction of sp³-hybridized carbons (Fsp3) is 0.846. The predicted molar refractivity (Wildman–Crippen MR) is 63.5 cm³/mol. The van der Waals surface area contributed by atoms with Gasteiger partial charge in [0.2, 0.25) is 0 Å². The summed E-state index contributed by atoms with van der Waals surface area (Å²) in [5.41, 5.74) is 1.65. The van der Waals surface area contributed by atoms with Crippen molar-refractivity contribution in [2.45, 2.75) is 64.8 Å². The Bertz CT molecular complexity index is 172. The molecule has 0 fully saturated rings. The topological polar surface area (TPSA) is 12.0 Å². The quantitative estimate of drug-likeness (QED) is 0.675. The van der Waals surface area contributed by atoms with E-state index < -0.39 is 0 Å². The standard InChI is InChI=1S/C13H25N/c1-3-11-14-12(2)13-9-7-5-4-6-8-10-13/h9,12,14H,3-8,10-11H2,1-2H3. The van der Waals surface area contributed by atoms with E-state index in [2.05, 4.69) is 25.2 Å². The van der Waals surface area contributed by atoms with E-state index in [1.165, 1.54) is 44.9 Å². The zero-order valence-corrected chi connectivity index (χ0v) is 9.81. The van der Waals surface area contributed by atoms with E-state index >= 15 is 0 Å². The van der Waals surface area contributed by atoms with Crippen LogP contribution < -0.4 is 5.32 Å². The Morgan fingerprint density at radius 1 is 1.29 bits per heavy atom. The molecule has 0 heterocycles. The molecule has 1 atom stereocenters. The Hall–Kier alpha value is -0.300. The van der Waals surface area contributed by atoms with Crippen LogP contribution >= 0.6 is 0 Å². The molecule has 1 rings (SSSR count). The minimum atomic E-state index is 0.605. The van der Waals surface area contributed by atoms with E-state index in [1.54, 1.807) is 5.57 Å². The normalized spacial score (nSPS) is 20.9. The third kappa shape index (κ3) is 4.28. The number of hydrogen-bond acceptors (Lipinski definition) is 1. The molecule has 0 aromatic rings. The van der Waals surface area contributed by atoms with Crippen molar-refractivity contribution in [2.75, 3.05) is 6.54 Å². The van der Waals surface area contributed by atoms with Gasteiger partial charge in [0.1, 0.15) is 0 Å². The summed E-state index contributed by atoms with van der Waals surface area (Å²) in [4.78, 5) is 0. The summed E-state index contributed by atoms with van der Waals surface area (Å²) in [6, 6.07) is 0.605. The molecule has 1 N–H and O–H groups in total. The maximum Gasteiger partial charge on any atom is 0.0251 e. The Balaban J connectivity index is 2.37. The lowest BCUT2D eigenvalue weighted by molar-refractivity contribution is 0.550. The van der Waals surface area contributed by atoms with E-state index in [0.717, 1.165) is 6.54 Å². The highest BCUT2D eigenvalue weighted by molar-refractivity contribution is 5.10. The Morgan fingerprint density at radius 2 is 2.07 bits per heavy atom. The number of nitrogens with one attached hydrogen (secondary N) is 1. The highest BCUT2D eigenvalue weighted by Crippen LogP contribution is 2.19. The van der Waals surface area contributed by atoms with Gasteiger partial charge >= 0.3 is 0 Å². The summed E-state index contributed by atoms with van der Waals surface area (Å²) < 4.78 is 0. The van der Waals surface area contributed by atoms with Crippen molar-refractivity contribution in [1.29, 1.82) is 0 Å². The molecule has 1 nitrogen and oxygen atoms in total. The van der Waals surface area contributed by atoms with Gasteiger partial charge in [0.05, 0.1) is 0 Å². The van der Waals surface area contributed by atoms with Crippen LogP contribution in [0.3, 0.4) is 0 Å². The summed E-state index contributed by atoms with van der Waals surface area (Å²) >= 11 is 0. The summed E-state index contributed by atoms with van der Waals surface area (Å²) in [6.07, 6.45) is 12.0. The van der Waals surface area contributed by atoms with Crippen molar-refractivity contribution in [2.24, 2.45) is 0 Å². The van der Waals surface area contributed by atoms with E-state index in [1.807, 2.05) is 0 Å². The molecule has 82 valence electrons. The van der Waals surface area contributed by atoms with E-state index in [0.29, 0.717) is 6.04 Å². The summed E-state index contributed by atoms with van der Waals surface area (Å²) in [6.45, 7) is 5.69. The smallest absolute Gasteiger partial charge is 0.0251 e. The van der Waals surface area contributed by atoms with E-state index in [-0.39, 0.29) is 0 Å². The molecule has 14 heavy (non-hydrogen) atoms. The predicted octanol–water partition coefficient (Wildman–Crippen LogP) is 3.66. The summed E-state index contributed by atoms with van der Waals surface area (Å²) in [5, 5.41) is 3.58. The molecular weight excluding hydrogens is 170 g/mol. The lowest BCUT2D eigenvalue weighted by Crippen LogP contribution is -2.28. The van der Waals surface area contributed by atoms with Gasteiger partial charge in [0.25, 0.3) is 0 Å². The molecule has 0 spiro atoms. The van der Waals surface area contributed by atoms with Crippen molar-refractivity contribution < 1.29 is 0 Å². The molecular formula is C13H25N. The molecule has 0 amide bonds. The molecule has 0 radical (unpaired) electrons. The first-order valence-corrected chi connectivity index (χ1v) is 6.27. The van der Waals surface area contributed by atoms with Crippen LogP contribution in [0.25, 0.3) is 0 Å². The highest BCUT2D eigenvalue weighted by atomic mass is 14.9. The maximum atomic E-state index is 3.58. The second kappa shape index (κ2) is 7.05. The lowest BCUT2D eigenvalue weighted by Gasteiger charge is -2.19. The number of allylic oxidation sites excluding steroid dienone is 1. The fourth-order valence-electron chi connectivity index (χ4n) is 2.10. The molecule has 1 aliphatic carbocycles. The molecule has 0 aromatic heterocycles. The van der Waals surface area contributed by atoms with Crippen LogP contribution in [0.5, 0.6) is 0 Å². The molecule has 0 bridgehead atoms. The van der Waals surface area contributed by atoms with Gasteiger partial charge < -0.3 is 5.32 Å². The second-order valence-electron chi connectivity index (χ2n) is 4.41. The largest absolute Gasteiger partial charge is 0.311 e. The van der Waals surface area contributed by atoms with Crippen LogP contribution in [0.4, 0.5) is 0 Å². The third-order valence-corrected chi connectivity index (χ3v) is 3.08. The van der Waals surface area contributed by atoms with Gasteiger partial charge in [-0.25, -0.2) is 0 Å². The Morgan fingerprint density at radius 3 is 2.86 bits per heavy atom. The van der Waals surface area contributed by atoms with Gasteiger partial charge in [-0.15, -0.1) is 0 Å². The first kappa shape index (κ1) is 11.8. The average Bonchev–Trinajstić information content (AvgIpc) is 2.13. The number of hydrogen-bond donors (Lipinski definition) is 1. The SMILES string of the molecule is CCCNC(C)C1=CCCCCCC1. The molecule has 1 aliphatic rings. The molecule has 0 saturated carbocycles. The van der Waals surface area contributed by atoms with Crippen LogP contribution in [0, 0.1) is 0 Å². The zero-order chi connectivity index (χ0) is 10.2. The summed E-state index contributed by atoms with van der Waals surface area (Å²) in [5.74, 6) is 0. The molecule has 1 unspecified atom stereocenters. The van der Waals surface area contributed by atoms with Gasteiger partial charge in [0.15, 0.2) is 0 Å². The molecule has 0 aliphatic heterocycles. The first-order valence-electron chi connectivity index (χ1n) is 6.27. The van der Waals surface area contributed by atoms with E-state index in [4.69, 9.17) is 0 Å². The summed E-state index contributed by atoms with van der Waals surface area (Å²) in [7, 11) is 0. The van der Waals surface area contributed by atoms with Crippen LogP contribution in [0.15, 0.2) is 11.6 Å². The van der Waals surface area contributed by atoms with Crippen molar-refractivity contribution in [3.05, 3.63) is 11.6 Å². The minimum absolute atomic E-state index is 0.605. The average molecular weight is 195 g/mol. The van der Waals surface area contributed by atoms with Crippen LogP contribution in [-0.2, 0) is 0 Å². The molecule has 0 saturated heterocycles. The first-order chi connectivity index (χ1) is 6.84. The van der Waals surface area contributed by atoms with Crippen molar-refractivity contribution in [3.63, 3.8) is 0 Å². The fourth-order valence-corrected chi connectivity index (χ4v) is 2.10.